The molecule has 6 heteroatoms. The maximum atomic E-state index is 13.2. The van der Waals surface area contributed by atoms with Gasteiger partial charge in [0.15, 0.2) is 0 Å². The molecule has 2 aromatic rings. The molecule has 5 nitrogen and oxygen atoms in total. The Morgan fingerprint density at radius 1 is 1.07 bits per heavy atom. The van der Waals surface area contributed by atoms with Crippen molar-refractivity contribution in [2.45, 2.75) is 43.0 Å². The number of benzene rings is 2. The van der Waals surface area contributed by atoms with Gasteiger partial charge in [-0.1, -0.05) is 49.2 Å². The average molecular weight is 387 g/mol. The molecule has 0 heterocycles. The van der Waals surface area contributed by atoms with E-state index in [0.717, 1.165) is 32.1 Å². The van der Waals surface area contributed by atoms with E-state index in [9.17, 15) is 13.2 Å². The van der Waals surface area contributed by atoms with Crippen LogP contribution < -0.4 is 4.72 Å². The van der Waals surface area contributed by atoms with Crippen LogP contribution >= 0.6 is 0 Å². The minimum Gasteiger partial charge on any atom is -0.335 e. The molecule has 0 unspecified atom stereocenters. The Balaban J connectivity index is 1.83. The minimum atomic E-state index is -3.57. The molecule has 0 aliphatic heterocycles. The summed E-state index contributed by atoms with van der Waals surface area (Å²) in [5.74, 6) is -0.0917. The predicted molar refractivity (Wildman–Crippen MR) is 106 cm³/mol. The van der Waals surface area contributed by atoms with E-state index < -0.39 is 10.0 Å². The van der Waals surface area contributed by atoms with Gasteiger partial charge in [-0.25, -0.2) is 13.1 Å². The van der Waals surface area contributed by atoms with Crippen LogP contribution in [0.5, 0.6) is 0 Å². The maximum absolute atomic E-state index is 13.2. The molecule has 0 bridgehead atoms. The predicted octanol–water partition coefficient (Wildman–Crippen LogP) is 3.22. The molecule has 0 aromatic heterocycles. The fourth-order valence-electron chi connectivity index (χ4n) is 3.64. The summed E-state index contributed by atoms with van der Waals surface area (Å²) in [5.41, 5.74) is 1.62. The lowest BCUT2D eigenvalue weighted by Gasteiger charge is -2.29. The molecule has 0 spiro atoms. The van der Waals surface area contributed by atoms with Gasteiger partial charge >= 0.3 is 0 Å². The van der Waals surface area contributed by atoms with Crippen molar-refractivity contribution in [3.05, 3.63) is 65.7 Å². The Morgan fingerprint density at radius 3 is 2.44 bits per heavy atom. The second kappa shape index (κ2) is 8.67. The van der Waals surface area contributed by atoms with Gasteiger partial charge in [0.2, 0.25) is 10.0 Å². The Morgan fingerprint density at radius 2 is 1.78 bits per heavy atom. The number of hydrogen-bond donors (Lipinski definition) is 1. The molecular formula is C21H26N2O3S. The lowest BCUT2D eigenvalue weighted by molar-refractivity contribution is 0.0684. The van der Waals surface area contributed by atoms with E-state index in [1.54, 1.807) is 12.1 Å². The lowest BCUT2D eigenvalue weighted by Crippen LogP contribution is -2.40. The summed E-state index contributed by atoms with van der Waals surface area (Å²) in [7, 11) is -2.21. The standard InChI is InChI=1S/C21H26N2O3S/c1-22-27(25,26)20-13-7-10-18(16-20)21(24)23(19-11-5-6-12-19)15-14-17-8-3-2-4-9-17/h2-4,7-10,13,16,19,22H,5-6,11-12,14-15H2,1H3. The van der Waals surface area contributed by atoms with Gasteiger partial charge in [0, 0.05) is 18.2 Å². The van der Waals surface area contributed by atoms with Crippen LogP contribution in [0.2, 0.25) is 0 Å². The van der Waals surface area contributed by atoms with Crippen molar-refractivity contribution in [3.63, 3.8) is 0 Å². The van der Waals surface area contributed by atoms with Crippen molar-refractivity contribution in [3.8, 4) is 0 Å². The fraction of sp³-hybridized carbons (Fsp3) is 0.381. The van der Waals surface area contributed by atoms with E-state index in [2.05, 4.69) is 16.9 Å². The van der Waals surface area contributed by atoms with Crippen LogP contribution in [-0.4, -0.2) is 38.9 Å². The summed E-state index contributed by atoms with van der Waals surface area (Å²) in [4.78, 5) is 15.3. The van der Waals surface area contributed by atoms with Crippen molar-refractivity contribution in [1.29, 1.82) is 0 Å². The quantitative estimate of drug-likeness (QED) is 0.794. The highest BCUT2D eigenvalue weighted by Gasteiger charge is 2.27. The molecule has 144 valence electrons. The zero-order valence-corrected chi connectivity index (χ0v) is 16.4. The van der Waals surface area contributed by atoms with Gasteiger partial charge in [0.25, 0.3) is 5.91 Å². The monoisotopic (exact) mass is 386 g/mol. The SMILES string of the molecule is CNS(=O)(=O)c1cccc(C(=O)N(CCc2ccccc2)C2CCCC2)c1. The first kappa shape index (κ1) is 19.6. The largest absolute Gasteiger partial charge is 0.335 e. The molecule has 1 aliphatic carbocycles. The van der Waals surface area contributed by atoms with Crippen molar-refractivity contribution in [2.75, 3.05) is 13.6 Å². The first-order valence-corrected chi connectivity index (χ1v) is 10.9. The highest BCUT2D eigenvalue weighted by Crippen LogP contribution is 2.26. The number of carbonyl (C=O) groups excluding carboxylic acids is 1. The molecular weight excluding hydrogens is 360 g/mol. The summed E-state index contributed by atoms with van der Waals surface area (Å²) in [5, 5.41) is 0. The third-order valence-corrected chi connectivity index (χ3v) is 6.58. The van der Waals surface area contributed by atoms with Crippen LogP contribution in [0.25, 0.3) is 0 Å². The van der Waals surface area contributed by atoms with Gasteiger partial charge in [-0.3, -0.25) is 4.79 Å². The minimum absolute atomic E-state index is 0.0917. The molecule has 0 saturated heterocycles. The Bertz CT molecular complexity index is 875. The van der Waals surface area contributed by atoms with E-state index in [-0.39, 0.29) is 16.8 Å². The third-order valence-electron chi connectivity index (χ3n) is 5.17. The van der Waals surface area contributed by atoms with Crippen LogP contribution in [-0.2, 0) is 16.4 Å². The van der Waals surface area contributed by atoms with Gasteiger partial charge < -0.3 is 4.90 Å². The van der Waals surface area contributed by atoms with E-state index in [1.165, 1.54) is 24.7 Å². The second-order valence-electron chi connectivity index (χ2n) is 6.91. The summed E-state index contributed by atoms with van der Waals surface area (Å²) in [6, 6.07) is 16.7. The zero-order chi connectivity index (χ0) is 19.3. The number of amides is 1. The van der Waals surface area contributed by atoms with Crippen LogP contribution in [0.15, 0.2) is 59.5 Å². The highest BCUT2D eigenvalue weighted by molar-refractivity contribution is 7.89. The van der Waals surface area contributed by atoms with Crippen molar-refractivity contribution in [2.24, 2.45) is 0 Å². The number of hydrogen-bond acceptors (Lipinski definition) is 3. The molecule has 1 fully saturated rings. The van der Waals surface area contributed by atoms with Crippen LogP contribution in [0.1, 0.15) is 41.6 Å². The van der Waals surface area contributed by atoms with Crippen molar-refractivity contribution >= 4 is 15.9 Å². The maximum Gasteiger partial charge on any atom is 0.254 e. The molecule has 0 atom stereocenters. The van der Waals surface area contributed by atoms with Gasteiger partial charge in [-0.2, -0.15) is 0 Å². The lowest BCUT2D eigenvalue weighted by atomic mass is 10.1. The average Bonchev–Trinajstić information content (AvgIpc) is 3.23. The van der Waals surface area contributed by atoms with E-state index in [0.29, 0.717) is 12.1 Å². The molecule has 27 heavy (non-hydrogen) atoms. The van der Waals surface area contributed by atoms with Crippen molar-refractivity contribution < 1.29 is 13.2 Å². The van der Waals surface area contributed by atoms with Gasteiger partial charge in [-0.15, -0.1) is 0 Å². The molecule has 0 radical (unpaired) electrons. The highest BCUT2D eigenvalue weighted by atomic mass is 32.2. The summed E-state index contributed by atoms with van der Waals surface area (Å²) < 4.78 is 26.5. The molecule has 1 N–H and O–H groups in total. The Hall–Kier alpha value is -2.18. The number of nitrogens with one attached hydrogen (secondary N) is 1. The van der Waals surface area contributed by atoms with Crippen LogP contribution in [0.4, 0.5) is 0 Å². The Kier molecular flexibility index (Phi) is 6.29. The normalized spacial score (nSPS) is 15.0. The fourth-order valence-corrected chi connectivity index (χ4v) is 4.42. The van der Waals surface area contributed by atoms with E-state index in [4.69, 9.17) is 0 Å². The molecule has 2 aromatic carbocycles. The van der Waals surface area contributed by atoms with Gasteiger partial charge in [0.1, 0.15) is 0 Å². The number of carbonyl (C=O) groups is 1. The second-order valence-corrected chi connectivity index (χ2v) is 8.79. The molecule has 1 amide bonds. The first-order valence-electron chi connectivity index (χ1n) is 9.40. The van der Waals surface area contributed by atoms with Crippen LogP contribution in [0.3, 0.4) is 0 Å². The van der Waals surface area contributed by atoms with E-state index in [1.807, 2.05) is 23.1 Å². The van der Waals surface area contributed by atoms with Gasteiger partial charge in [0.05, 0.1) is 4.90 Å². The van der Waals surface area contributed by atoms with Crippen molar-refractivity contribution in [1.82, 2.24) is 9.62 Å². The van der Waals surface area contributed by atoms with Gasteiger partial charge in [-0.05, 0) is 50.1 Å². The number of nitrogens with zero attached hydrogens (tertiary/aromatic N) is 1. The topological polar surface area (TPSA) is 66.5 Å². The molecule has 1 saturated carbocycles. The number of sulfonamides is 1. The zero-order valence-electron chi connectivity index (χ0n) is 15.6. The Labute approximate surface area is 161 Å². The third kappa shape index (κ3) is 4.76. The molecule has 3 rings (SSSR count). The summed E-state index contributed by atoms with van der Waals surface area (Å²) in [6.07, 6.45) is 5.07. The van der Waals surface area contributed by atoms with E-state index >= 15 is 0 Å². The summed E-state index contributed by atoms with van der Waals surface area (Å²) in [6.45, 7) is 0.635. The molecule has 1 aliphatic rings. The first-order chi connectivity index (χ1) is 13.0. The summed E-state index contributed by atoms with van der Waals surface area (Å²) >= 11 is 0. The smallest absolute Gasteiger partial charge is 0.254 e. The van der Waals surface area contributed by atoms with Crippen LogP contribution in [0, 0.1) is 0 Å². The number of rotatable bonds is 7.